The van der Waals surface area contributed by atoms with Crippen LogP contribution in [0.5, 0.6) is 5.75 Å². The highest BCUT2D eigenvalue weighted by atomic mass is 32.2. The molecule has 1 heterocycles. The molecule has 0 unspecified atom stereocenters. The first-order valence-corrected chi connectivity index (χ1v) is 11.7. The number of aryl methyl sites for hydroxylation is 2. The fraction of sp³-hybridized carbons (Fsp3) is 0.409. The molecule has 0 spiro atoms. The number of fused-ring (bicyclic) bond motifs is 1. The smallest absolute Gasteiger partial charge is 0.260 e. The summed E-state index contributed by atoms with van der Waals surface area (Å²) >= 11 is 0. The van der Waals surface area contributed by atoms with Gasteiger partial charge in [-0.05, 0) is 61.1 Å². The number of nitrogens with zero attached hydrogens (tertiary/aromatic N) is 2. The van der Waals surface area contributed by atoms with Crippen molar-refractivity contribution in [1.82, 2.24) is 9.21 Å². The highest BCUT2D eigenvalue weighted by molar-refractivity contribution is 7.89. The van der Waals surface area contributed by atoms with Crippen molar-refractivity contribution in [3.05, 3.63) is 59.4 Å². The molecular weight excluding hydrogens is 407 g/mol. The number of amides is 1. The number of piperazine rings is 1. The van der Waals surface area contributed by atoms with Crippen LogP contribution in [0.3, 0.4) is 0 Å². The maximum absolute atomic E-state index is 13.6. The maximum Gasteiger partial charge on any atom is 0.260 e. The summed E-state index contributed by atoms with van der Waals surface area (Å²) in [6.45, 7) is 0.738. The summed E-state index contributed by atoms with van der Waals surface area (Å²) in [4.78, 5) is 14.3. The van der Waals surface area contributed by atoms with E-state index in [1.54, 1.807) is 23.1 Å². The minimum absolute atomic E-state index is 0.0273. The number of carbonyl (C=O) groups is 1. The van der Waals surface area contributed by atoms with Crippen LogP contribution < -0.4 is 4.74 Å². The molecule has 4 rings (SSSR count). The van der Waals surface area contributed by atoms with Crippen molar-refractivity contribution in [2.45, 2.75) is 30.6 Å². The van der Waals surface area contributed by atoms with E-state index in [0.717, 1.165) is 31.2 Å². The van der Waals surface area contributed by atoms with E-state index >= 15 is 0 Å². The van der Waals surface area contributed by atoms with Gasteiger partial charge in [-0.1, -0.05) is 18.2 Å². The van der Waals surface area contributed by atoms with Crippen LogP contribution in [-0.2, 0) is 27.7 Å². The maximum atomic E-state index is 13.6. The van der Waals surface area contributed by atoms with Crippen LogP contribution in [-0.4, -0.2) is 56.3 Å². The van der Waals surface area contributed by atoms with Gasteiger partial charge in [0, 0.05) is 26.2 Å². The number of carbonyl (C=O) groups excluding carboxylic acids is 1. The van der Waals surface area contributed by atoms with E-state index in [9.17, 15) is 17.6 Å². The highest BCUT2D eigenvalue weighted by Gasteiger charge is 2.30. The molecule has 1 saturated heterocycles. The molecular formula is C22H25FN2O4S. The lowest BCUT2D eigenvalue weighted by molar-refractivity contribution is -0.134. The first-order chi connectivity index (χ1) is 14.4. The molecule has 0 atom stereocenters. The fourth-order valence-electron chi connectivity index (χ4n) is 3.99. The van der Waals surface area contributed by atoms with E-state index < -0.39 is 15.8 Å². The molecule has 6 nitrogen and oxygen atoms in total. The molecule has 0 radical (unpaired) electrons. The molecule has 160 valence electrons. The van der Waals surface area contributed by atoms with Crippen LogP contribution in [0.15, 0.2) is 47.4 Å². The Kier molecular flexibility index (Phi) is 6.06. The van der Waals surface area contributed by atoms with Crippen LogP contribution >= 0.6 is 0 Å². The zero-order valence-corrected chi connectivity index (χ0v) is 17.5. The van der Waals surface area contributed by atoms with Gasteiger partial charge in [0.25, 0.3) is 5.91 Å². The van der Waals surface area contributed by atoms with Gasteiger partial charge in [-0.2, -0.15) is 4.31 Å². The summed E-state index contributed by atoms with van der Waals surface area (Å²) in [6.07, 6.45) is 4.16. The monoisotopic (exact) mass is 432 g/mol. The minimum atomic E-state index is -3.59. The molecule has 2 aliphatic rings. The molecule has 1 fully saturated rings. The predicted molar refractivity (Wildman–Crippen MR) is 110 cm³/mol. The van der Waals surface area contributed by atoms with Crippen molar-refractivity contribution in [2.75, 3.05) is 32.8 Å². The Hall–Kier alpha value is -2.45. The summed E-state index contributed by atoms with van der Waals surface area (Å²) < 4.78 is 46.4. The van der Waals surface area contributed by atoms with Crippen LogP contribution in [0.1, 0.15) is 24.0 Å². The van der Waals surface area contributed by atoms with Gasteiger partial charge in [0.2, 0.25) is 10.0 Å². The average Bonchev–Trinajstić information content (AvgIpc) is 2.78. The van der Waals surface area contributed by atoms with E-state index in [2.05, 4.69) is 0 Å². The number of halogens is 1. The number of rotatable bonds is 5. The Morgan fingerprint density at radius 1 is 0.967 bits per heavy atom. The standard InChI is InChI=1S/C22H25FN2O4S/c23-20-7-3-4-8-21(20)29-16-22(26)24-11-13-25(14-12-24)30(27,28)19-10-9-17-5-1-2-6-18(17)15-19/h3-4,7-10,15H,1-2,5-6,11-14,16H2. The zero-order valence-electron chi connectivity index (χ0n) is 16.7. The number of hydrogen-bond acceptors (Lipinski definition) is 4. The highest BCUT2D eigenvalue weighted by Crippen LogP contribution is 2.26. The molecule has 0 aromatic heterocycles. The SMILES string of the molecule is O=C(COc1ccccc1F)N1CCN(S(=O)(=O)c2ccc3c(c2)CCCC3)CC1. The van der Waals surface area contributed by atoms with E-state index in [1.165, 1.54) is 22.0 Å². The predicted octanol–water partition coefficient (Wildman–Crippen LogP) is 2.62. The van der Waals surface area contributed by atoms with Crippen LogP contribution in [0, 0.1) is 5.82 Å². The van der Waals surface area contributed by atoms with Crippen LogP contribution in [0.4, 0.5) is 4.39 Å². The van der Waals surface area contributed by atoms with Gasteiger partial charge in [-0.15, -0.1) is 0 Å². The number of benzene rings is 2. The molecule has 0 saturated carbocycles. The molecule has 30 heavy (non-hydrogen) atoms. The summed E-state index contributed by atoms with van der Waals surface area (Å²) in [5.41, 5.74) is 2.37. The quantitative estimate of drug-likeness (QED) is 0.729. The average molecular weight is 433 g/mol. The Morgan fingerprint density at radius 2 is 1.67 bits per heavy atom. The molecule has 2 aromatic rings. The van der Waals surface area contributed by atoms with Gasteiger partial charge >= 0.3 is 0 Å². The van der Waals surface area contributed by atoms with Gasteiger partial charge in [0.1, 0.15) is 0 Å². The summed E-state index contributed by atoms with van der Waals surface area (Å²) in [7, 11) is -3.59. The van der Waals surface area contributed by atoms with Gasteiger partial charge < -0.3 is 9.64 Å². The first kappa shape index (κ1) is 20.8. The van der Waals surface area contributed by atoms with Crippen molar-refractivity contribution < 1.29 is 22.3 Å². The Labute approximate surface area is 176 Å². The second-order valence-electron chi connectivity index (χ2n) is 7.64. The van der Waals surface area contributed by atoms with Gasteiger partial charge in [-0.3, -0.25) is 4.79 Å². The van der Waals surface area contributed by atoms with Crippen LogP contribution in [0.25, 0.3) is 0 Å². The lowest BCUT2D eigenvalue weighted by Gasteiger charge is -2.34. The van der Waals surface area contributed by atoms with Crippen molar-refractivity contribution in [3.8, 4) is 5.75 Å². The third kappa shape index (κ3) is 4.34. The van der Waals surface area contributed by atoms with Crippen molar-refractivity contribution in [2.24, 2.45) is 0 Å². The third-order valence-corrected chi connectivity index (χ3v) is 7.63. The number of ether oxygens (including phenoxy) is 1. The fourth-order valence-corrected chi connectivity index (χ4v) is 5.46. The van der Waals surface area contributed by atoms with Gasteiger partial charge in [0.15, 0.2) is 18.2 Å². The Bertz CT molecular complexity index is 1030. The van der Waals surface area contributed by atoms with Gasteiger partial charge in [0.05, 0.1) is 4.90 Å². The summed E-state index contributed by atoms with van der Waals surface area (Å²) in [5, 5.41) is 0. The van der Waals surface area contributed by atoms with Crippen molar-refractivity contribution >= 4 is 15.9 Å². The molecule has 1 aliphatic heterocycles. The topological polar surface area (TPSA) is 66.9 Å². The van der Waals surface area contributed by atoms with Crippen molar-refractivity contribution in [1.29, 1.82) is 0 Å². The normalized spacial score (nSPS) is 17.4. The number of hydrogen-bond donors (Lipinski definition) is 0. The minimum Gasteiger partial charge on any atom is -0.481 e. The number of para-hydroxylation sites is 1. The molecule has 0 bridgehead atoms. The van der Waals surface area contributed by atoms with Crippen molar-refractivity contribution in [3.63, 3.8) is 0 Å². The number of sulfonamides is 1. The molecule has 0 N–H and O–H groups in total. The van der Waals surface area contributed by atoms with E-state index in [4.69, 9.17) is 4.74 Å². The van der Waals surface area contributed by atoms with Crippen LogP contribution in [0.2, 0.25) is 0 Å². The Balaban J connectivity index is 1.35. The molecule has 2 aromatic carbocycles. The summed E-state index contributed by atoms with van der Waals surface area (Å²) in [5.74, 6) is -0.783. The lowest BCUT2D eigenvalue weighted by Crippen LogP contribution is -2.51. The molecule has 8 heteroatoms. The summed E-state index contributed by atoms with van der Waals surface area (Å²) in [6, 6.07) is 11.3. The second kappa shape index (κ2) is 8.73. The zero-order chi connectivity index (χ0) is 21.1. The lowest BCUT2D eigenvalue weighted by atomic mass is 9.92. The molecule has 1 amide bonds. The first-order valence-electron chi connectivity index (χ1n) is 10.2. The molecule has 1 aliphatic carbocycles. The van der Waals surface area contributed by atoms with Gasteiger partial charge in [-0.25, -0.2) is 12.8 Å². The Morgan fingerprint density at radius 3 is 2.40 bits per heavy atom. The van der Waals surface area contributed by atoms with E-state index in [-0.39, 0.29) is 44.4 Å². The second-order valence-corrected chi connectivity index (χ2v) is 9.58. The third-order valence-electron chi connectivity index (χ3n) is 5.74. The van der Waals surface area contributed by atoms with E-state index in [0.29, 0.717) is 4.90 Å². The largest absolute Gasteiger partial charge is 0.481 e. The van der Waals surface area contributed by atoms with E-state index in [1.807, 2.05) is 12.1 Å².